The predicted molar refractivity (Wildman–Crippen MR) is 78.0 cm³/mol. The summed E-state index contributed by atoms with van der Waals surface area (Å²) in [7, 11) is 0. The maximum absolute atomic E-state index is 4.53. The van der Waals surface area contributed by atoms with Crippen LogP contribution in [-0.4, -0.2) is 17.8 Å². The lowest BCUT2D eigenvalue weighted by Gasteiger charge is -1.99. The largest absolute Gasteiger partial charge is 0.358 e. The Hall–Kier alpha value is -1.26. The summed E-state index contributed by atoms with van der Waals surface area (Å²) in [6, 6.07) is 8.46. The Morgan fingerprint density at radius 3 is 2.82 bits per heavy atom. The molecule has 0 aliphatic carbocycles. The molecule has 0 fully saturated rings. The molecule has 4 heteroatoms. The van der Waals surface area contributed by atoms with E-state index in [0.29, 0.717) is 0 Å². The van der Waals surface area contributed by atoms with Crippen molar-refractivity contribution in [2.24, 2.45) is 0 Å². The average molecular weight is 262 g/mol. The molecule has 0 saturated carbocycles. The van der Waals surface area contributed by atoms with Crippen molar-refractivity contribution in [3.05, 3.63) is 42.3 Å². The van der Waals surface area contributed by atoms with E-state index in [1.54, 1.807) is 23.1 Å². The van der Waals surface area contributed by atoms with Crippen LogP contribution >= 0.6 is 23.1 Å². The van der Waals surface area contributed by atoms with Crippen LogP contribution < -0.4 is 5.32 Å². The number of nitrogens with one attached hydrogen (secondary N) is 1. The lowest BCUT2D eigenvalue weighted by atomic mass is 10.2. The molecule has 1 aromatic heterocycles. The first-order chi connectivity index (χ1) is 8.33. The van der Waals surface area contributed by atoms with E-state index < -0.39 is 0 Å². The molecule has 88 valence electrons. The number of thiazole rings is 1. The topological polar surface area (TPSA) is 24.9 Å². The second kappa shape index (κ2) is 5.89. The highest BCUT2D eigenvalue weighted by Crippen LogP contribution is 2.26. The van der Waals surface area contributed by atoms with Crippen molar-refractivity contribution >= 4 is 28.2 Å². The second-order valence-corrected chi connectivity index (χ2v) is 5.17. The first-order valence-electron chi connectivity index (χ1n) is 5.28. The van der Waals surface area contributed by atoms with Crippen LogP contribution in [0.4, 0.5) is 5.13 Å². The van der Waals surface area contributed by atoms with Gasteiger partial charge in [-0.05, 0) is 18.4 Å². The summed E-state index contributed by atoms with van der Waals surface area (Å²) < 4.78 is 0. The zero-order chi connectivity index (χ0) is 12.1. The molecule has 2 rings (SSSR count). The summed E-state index contributed by atoms with van der Waals surface area (Å²) in [5.41, 5.74) is 2.18. The van der Waals surface area contributed by atoms with Crippen molar-refractivity contribution < 1.29 is 0 Å². The third kappa shape index (κ3) is 3.11. The first-order valence-corrected chi connectivity index (χ1v) is 7.38. The Labute approximate surface area is 110 Å². The van der Waals surface area contributed by atoms with Gasteiger partial charge in [-0.3, -0.25) is 0 Å². The molecule has 0 radical (unpaired) electrons. The second-order valence-electron chi connectivity index (χ2n) is 3.44. The van der Waals surface area contributed by atoms with Crippen LogP contribution in [0, 0.1) is 0 Å². The van der Waals surface area contributed by atoms with Crippen molar-refractivity contribution in [2.75, 3.05) is 18.1 Å². The van der Waals surface area contributed by atoms with E-state index >= 15 is 0 Å². The molecule has 17 heavy (non-hydrogen) atoms. The van der Waals surface area contributed by atoms with E-state index in [2.05, 4.69) is 52.8 Å². The van der Waals surface area contributed by atoms with Crippen LogP contribution in [0.1, 0.15) is 0 Å². The molecule has 0 atom stereocenters. The molecule has 0 spiro atoms. The molecule has 2 aromatic rings. The van der Waals surface area contributed by atoms with E-state index in [0.717, 1.165) is 22.9 Å². The van der Waals surface area contributed by atoms with Crippen LogP contribution in [0.5, 0.6) is 0 Å². The molecule has 0 aliphatic rings. The van der Waals surface area contributed by atoms with Gasteiger partial charge in [-0.15, -0.1) is 29.7 Å². The standard InChI is InChI=1S/C13H14N2S2/c1-3-8-14-13-15-12(9-17-13)10-4-6-11(16-2)7-5-10/h3-7,9H,1,8H2,2H3,(H,14,15). The van der Waals surface area contributed by atoms with E-state index in [1.807, 2.05) is 6.08 Å². The van der Waals surface area contributed by atoms with E-state index in [9.17, 15) is 0 Å². The van der Waals surface area contributed by atoms with Gasteiger partial charge in [-0.1, -0.05) is 18.2 Å². The Balaban J connectivity index is 2.15. The number of hydrogen-bond acceptors (Lipinski definition) is 4. The maximum Gasteiger partial charge on any atom is 0.183 e. The molecule has 1 aromatic carbocycles. The maximum atomic E-state index is 4.53. The van der Waals surface area contributed by atoms with Gasteiger partial charge in [0.05, 0.1) is 5.69 Å². The SMILES string of the molecule is C=CCNc1nc(-c2ccc(SC)cc2)cs1. The number of anilines is 1. The molecule has 1 N–H and O–H groups in total. The zero-order valence-corrected chi connectivity index (χ0v) is 11.3. The first kappa shape index (κ1) is 12.2. The van der Waals surface area contributed by atoms with Crippen molar-refractivity contribution in [1.29, 1.82) is 0 Å². The predicted octanol–water partition coefficient (Wildman–Crippen LogP) is 4.13. The van der Waals surface area contributed by atoms with Crippen molar-refractivity contribution in [2.45, 2.75) is 4.90 Å². The van der Waals surface area contributed by atoms with Gasteiger partial charge in [-0.25, -0.2) is 4.98 Å². The molecular weight excluding hydrogens is 248 g/mol. The van der Waals surface area contributed by atoms with Crippen LogP contribution in [0.25, 0.3) is 11.3 Å². The number of rotatable bonds is 5. The Morgan fingerprint density at radius 2 is 2.18 bits per heavy atom. The fourth-order valence-electron chi connectivity index (χ4n) is 1.41. The van der Waals surface area contributed by atoms with Gasteiger partial charge in [0.2, 0.25) is 0 Å². The number of benzene rings is 1. The molecule has 2 nitrogen and oxygen atoms in total. The summed E-state index contributed by atoms with van der Waals surface area (Å²) in [6.45, 7) is 4.42. The van der Waals surface area contributed by atoms with Crippen molar-refractivity contribution in [3.8, 4) is 11.3 Å². The molecule has 0 amide bonds. The lowest BCUT2D eigenvalue weighted by Crippen LogP contribution is -1.96. The Morgan fingerprint density at radius 1 is 1.41 bits per heavy atom. The fraction of sp³-hybridized carbons (Fsp3) is 0.154. The highest BCUT2D eigenvalue weighted by molar-refractivity contribution is 7.98. The lowest BCUT2D eigenvalue weighted by molar-refractivity contribution is 1.28. The van der Waals surface area contributed by atoms with Crippen molar-refractivity contribution in [1.82, 2.24) is 4.98 Å². The minimum absolute atomic E-state index is 0.748. The third-order valence-corrected chi connectivity index (χ3v) is 3.83. The molecular formula is C13H14N2S2. The average Bonchev–Trinajstić information content (AvgIpc) is 2.85. The summed E-state index contributed by atoms with van der Waals surface area (Å²) in [5, 5.41) is 6.20. The molecule has 0 unspecified atom stereocenters. The summed E-state index contributed by atoms with van der Waals surface area (Å²) >= 11 is 3.37. The van der Waals surface area contributed by atoms with Gasteiger partial charge in [0.1, 0.15) is 0 Å². The van der Waals surface area contributed by atoms with E-state index in [1.165, 1.54) is 4.90 Å². The number of nitrogens with zero attached hydrogens (tertiary/aromatic N) is 1. The van der Waals surface area contributed by atoms with Crippen LogP contribution in [-0.2, 0) is 0 Å². The third-order valence-electron chi connectivity index (χ3n) is 2.29. The number of thioether (sulfide) groups is 1. The summed E-state index contributed by atoms with van der Waals surface area (Å²) in [6.07, 6.45) is 3.91. The normalized spacial score (nSPS) is 10.2. The molecule has 0 bridgehead atoms. The molecule has 0 aliphatic heterocycles. The monoisotopic (exact) mass is 262 g/mol. The van der Waals surface area contributed by atoms with Gasteiger partial charge in [0, 0.05) is 22.4 Å². The summed E-state index contributed by atoms with van der Waals surface area (Å²) in [4.78, 5) is 5.80. The highest BCUT2D eigenvalue weighted by atomic mass is 32.2. The highest BCUT2D eigenvalue weighted by Gasteiger charge is 2.03. The number of aromatic nitrogens is 1. The van der Waals surface area contributed by atoms with Crippen LogP contribution in [0.2, 0.25) is 0 Å². The van der Waals surface area contributed by atoms with Gasteiger partial charge < -0.3 is 5.32 Å². The molecule has 1 heterocycles. The van der Waals surface area contributed by atoms with E-state index in [4.69, 9.17) is 0 Å². The fourth-order valence-corrected chi connectivity index (χ4v) is 2.55. The minimum atomic E-state index is 0.748. The van der Waals surface area contributed by atoms with Gasteiger partial charge in [-0.2, -0.15) is 0 Å². The number of hydrogen-bond donors (Lipinski definition) is 1. The van der Waals surface area contributed by atoms with E-state index in [-0.39, 0.29) is 0 Å². The molecule has 0 saturated heterocycles. The zero-order valence-electron chi connectivity index (χ0n) is 9.64. The minimum Gasteiger partial charge on any atom is -0.358 e. The summed E-state index contributed by atoms with van der Waals surface area (Å²) in [5.74, 6) is 0. The van der Waals surface area contributed by atoms with Crippen LogP contribution in [0.3, 0.4) is 0 Å². The van der Waals surface area contributed by atoms with Gasteiger partial charge in [0.25, 0.3) is 0 Å². The smallest absolute Gasteiger partial charge is 0.183 e. The quantitative estimate of drug-likeness (QED) is 0.648. The van der Waals surface area contributed by atoms with Crippen LogP contribution in [0.15, 0.2) is 47.2 Å². The Bertz CT molecular complexity index is 488. The Kier molecular flexibility index (Phi) is 4.23. The van der Waals surface area contributed by atoms with Gasteiger partial charge >= 0.3 is 0 Å². The van der Waals surface area contributed by atoms with Gasteiger partial charge in [0.15, 0.2) is 5.13 Å². The van der Waals surface area contributed by atoms with Crippen molar-refractivity contribution in [3.63, 3.8) is 0 Å².